The number of aromatic nitrogens is 2. The average molecular weight is 345 g/mol. The van der Waals surface area contributed by atoms with E-state index in [9.17, 15) is 5.11 Å². The van der Waals surface area contributed by atoms with E-state index in [-0.39, 0.29) is 0 Å². The second-order valence-electron chi connectivity index (χ2n) is 8.30. The number of imidazole rings is 1. The fourth-order valence-electron chi connectivity index (χ4n) is 4.07. The predicted octanol–water partition coefficient (Wildman–Crippen LogP) is 2.58. The van der Waals surface area contributed by atoms with Gasteiger partial charge in [0.1, 0.15) is 5.82 Å². The number of para-hydroxylation sites is 2. The average Bonchev–Trinajstić information content (AvgIpc) is 2.83. The molecule has 1 atom stereocenters. The van der Waals surface area contributed by atoms with Gasteiger partial charge >= 0.3 is 0 Å². The van der Waals surface area contributed by atoms with Crippen LogP contribution in [0.5, 0.6) is 0 Å². The molecule has 0 spiro atoms. The molecule has 5 nitrogen and oxygen atoms in total. The lowest BCUT2D eigenvalue weighted by Crippen LogP contribution is -2.53. The molecule has 1 aliphatic heterocycles. The second kappa shape index (κ2) is 7.44. The third kappa shape index (κ3) is 4.40. The number of likely N-dealkylation sites (tertiary alicyclic amines) is 1. The first kappa shape index (κ1) is 18.4. The summed E-state index contributed by atoms with van der Waals surface area (Å²) >= 11 is 0. The normalized spacial score (nSPS) is 22.4. The number of fused-ring (bicyclic) bond motifs is 1. The van der Waals surface area contributed by atoms with E-state index in [1.165, 1.54) is 5.52 Å². The monoisotopic (exact) mass is 344 g/mol. The van der Waals surface area contributed by atoms with Crippen LogP contribution < -0.4 is 0 Å². The summed E-state index contributed by atoms with van der Waals surface area (Å²) in [5.74, 6) is 1.69. The van der Waals surface area contributed by atoms with Crippen LogP contribution in [0.2, 0.25) is 0 Å². The number of hydrogen-bond donors (Lipinski definition) is 1. The molecule has 1 aliphatic rings. The highest BCUT2D eigenvalue weighted by Gasteiger charge is 2.34. The lowest BCUT2D eigenvalue weighted by molar-refractivity contribution is -0.0487. The van der Waals surface area contributed by atoms with E-state index in [0.29, 0.717) is 12.5 Å². The number of rotatable bonds is 6. The first-order valence-electron chi connectivity index (χ1n) is 9.40. The Morgan fingerprint density at radius 2 is 2.04 bits per heavy atom. The number of nitrogens with zero attached hydrogens (tertiary/aromatic N) is 4. The Balaban J connectivity index is 1.82. The molecule has 2 aromatic rings. The maximum absolute atomic E-state index is 10.9. The zero-order valence-electron chi connectivity index (χ0n) is 16.1. The molecule has 1 saturated heterocycles. The zero-order valence-corrected chi connectivity index (χ0v) is 16.1. The summed E-state index contributed by atoms with van der Waals surface area (Å²) in [6.07, 6.45) is 1.92. The molecule has 0 saturated carbocycles. The van der Waals surface area contributed by atoms with Crippen molar-refractivity contribution in [3.05, 3.63) is 30.1 Å². The van der Waals surface area contributed by atoms with Crippen LogP contribution >= 0.6 is 0 Å². The van der Waals surface area contributed by atoms with Crippen molar-refractivity contribution < 1.29 is 5.11 Å². The summed E-state index contributed by atoms with van der Waals surface area (Å²) in [6.45, 7) is 8.73. The summed E-state index contributed by atoms with van der Waals surface area (Å²) < 4.78 is 2.36. The maximum Gasteiger partial charge on any atom is 0.124 e. The van der Waals surface area contributed by atoms with E-state index in [0.717, 1.165) is 50.4 Å². The second-order valence-corrected chi connectivity index (χ2v) is 8.30. The van der Waals surface area contributed by atoms with Gasteiger partial charge in [0, 0.05) is 19.6 Å². The van der Waals surface area contributed by atoms with Gasteiger partial charge in [-0.15, -0.1) is 0 Å². The smallest absolute Gasteiger partial charge is 0.124 e. The van der Waals surface area contributed by atoms with E-state index in [1.807, 2.05) is 14.1 Å². The molecule has 138 valence electrons. The van der Waals surface area contributed by atoms with Crippen molar-refractivity contribution in [3.8, 4) is 0 Å². The van der Waals surface area contributed by atoms with Crippen molar-refractivity contribution >= 4 is 11.0 Å². The summed E-state index contributed by atoms with van der Waals surface area (Å²) in [5, 5.41) is 10.9. The highest BCUT2D eigenvalue weighted by molar-refractivity contribution is 5.75. The highest BCUT2D eigenvalue weighted by atomic mass is 16.3. The molecular formula is C20H32N4O. The van der Waals surface area contributed by atoms with Gasteiger partial charge in [-0.05, 0) is 51.5 Å². The van der Waals surface area contributed by atoms with Gasteiger partial charge in [0.25, 0.3) is 0 Å². The van der Waals surface area contributed by atoms with E-state index in [1.54, 1.807) is 0 Å². The molecule has 1 aromatic carbocycles. The molecule has 1 aromatic heterocycles. The minimum atomic E-state index is -0.614. The van der Waals surface area contributed by atoms with Crippen LogP contribution in [0.15, 0.2) is 24.3 Å². The molecule has 3 rings (SSSR count). The number of hydrogen-bond acceptors (Lipinski definition) is 4. The van der Waals surface area contributed by atoms with Gasteiger partial charge in [-0.25, -0.2) is 4.98 Å². The maximum atomic E-state index is 10.9. The van der Waals surface area contributed by atoms with Gasteiger partial charge in [0.15, 0.2) is 0 Å². The third-order valence-corrected chi connectivity index (χ3v) is 4.89. The number of piperidine rings is 1. The van der Waals surface area contributed by atoms with Gasteiger partial charge < -0.3 is 14.6 Å². The van der Waals surface area contributed by atoms with E-state index in [2.05, 4.69) is 52.5 Å². The number of benzene rings is 1. The van der Waals surface area contributed by atoms with Gasteiger partial charge in [-0.3, -0.25) is 4.90 Å². The van der Waals surface area contributed by atoms with Crippen LogP contribution in [0, 0.1) is 5.92 Å². The van der Waals surface area contributed by atoms with E-state index < -0.39 is 5.60 Å². The highest BCUT2D eigenvalue weighted by Crippen LogP contribution is 2.25. The minimum absolute atomic E-state index is 0.573. The molecular weight excluding hydrogens is 312 g/mol. The minimum Gasteiger partial charge on any atom is -0.387 e. The molecule has 0 aliphatic carbocycles. The Morgan fingerprint density at radius 3 is 2.76 bits per heavy atom. The van der Waals surface area contributed by atoms with E-state index >= 15 is 0 Å². The summed E-state index contributed by atoms with van der Waals surface area (Å²) in [5.41, 5.74) is 1.67. The molecule has 0 radical (unpaired) electrons. The summed E-state index contributed by atoms with van der Waals surface area (Å²) in [7, 11) is 4.05. The van der Waals surface area contributed by atoms with Crippen LogP contribution in [-0.2, 0) is 13.1 Å². The Morgan fingerprint density at radius 1 is 1.28 bits per heavy atom. The van der Waals surface area contributed by atoms with Crippen LogP contribution in [-0.4, -0.2) is 63.8 Å². The lowest BCUT2D eigenvalue weighted by atomic mass is 9.92. The van der Waals surface area contributed by atoms with Crippen molar-refractivity contribution in [1.82, 2.24) is 19.4 Å². The number of likely N-dealkylation sites (N-methyl/N-ethyl adjacent to an activating group) is 1. The Hall–Kier alpha value is -1.43. The van der Waals surface area contributed by atoms with Crippen LogP contribution in [0.3, 0.4) is 0 Å². The largest absolute Gasteiger partial charge is 0.387 e. The van der Waals surface area contributed by atoms with Gasteiger partial charge in [0.05, 0.1) is 23.2 Å². The molecule has 0 amide bonds. The standard InChI is InChI=1S/C20H32N4O/c1-16(2)12-24-18-9-6-5-8-17(18)21-19(24)13-23-11-7-10-20(25,15-23)14-22(3)4/h5-6,8-9,16,25H,7,10-15H2,1-4H3. The zero-order chi connectivity index (χ0) is 18.0. The van der Waals surface area contributed by atoms with Crippen LogP contribution in [0.1, 0.15) is 32.5 Å². The van der Waals surface area contributed by atoms with Crippen molar-refractivity contribution in [2.75, 3.05) is 33.7 Å². The fraction of sp³-hybridized carbons (Fsp3) is 0.650. The van der Waals surface area contributed by atoms with Crippen LogP contribution in [0.25, 0.3) is 11.0 Å². The van der Waals surface area contributed by atoms with Crippen molar-refractivity contribution in [1.29, 1.82) is 0 Å². The van der Waals surface area contributed by atoms with Crippen molar-refractivity contribution in [2.24, 2.45) is 5.92 Å². The topological polar surface area (TPSA) is 44.5 Å². The number of aliphatic hydroxyl groups is 1. The SMILES string of the molecule is CC(C)Cn1c(CN2CCCC(O)(CN(C)C)C2)nc2ccccc21. The third-order valence-electron chi connectivity index (χ3n) is 4.89. The van der Waals surface area contributed by atoms with E-state index in [4.69, 9.17) is 4.98 Å². The first-order valence-corrected chi connectivity index (χ1v) is 9.40. The quantitative estimate of drug-likeness (QED) is 0.875. The molecule has 5 heteroatoms. The Bertz CT molecular complexity index is 709. The molecule has 1 fully saturated rings. The van der Waals surface area contributed by atoms with Crippen LogP contribution in [0.4, 0.5) is 0 Å². The van der Waals surface area contributed by atoms with Gasteiger partial charge in [-0.2, -0.15) is 0 Å². The molecule has 0 bridgehead atoms. The Kier molecular flexibility index (Phi) is 5.46. The molecule has 2 heterocycles. The Labute approximate surface area is 151 Å². The molecule has 1 N–H and O–H groups in total. The molecule has 1 unspecified atom stereocenters. The predicted molar refractivity (Wildman–Crippen MR) is 103 cm³/mol. The van der Waals surface area contributed by atoms with Crippen molar-refractivity contribution in [2.45, 2.75) is 45.4 Å². The lowest BCUT2D eigenvalue weighted by Gasteiger charge is -2.40. The summed E-state index contributed by atoms with van der Waals surface area (Å²) in [4.78, 5) is 9.34. The van der Waals surface area contributed by atoms with Crippen molar-refractivity contribution in [3.63, 3.8) is 0 Å². The molecule has 25 heavy (non-hydrogen) atoms. The first-order chi connectivity index (χ1) is 11.9. The fourth-order valence-corrected chi connectivity index (χ4v) is 4.07. The summed E-state index contributed by atoms with van der Waals surface area (Å²) in [6, 6.07) is 8.39. The number of β-amino-alcohol motifs (C(OH)–C–C–N with tert-alkyl or cyclic N) is 1. The van der Waals surface area contributed by atoms with Gasteiger partial charge in [-0.1, -0.05) is 26.0 Å². The van der Waals surface area contributed by atoms with Gasteiger partial charge in [0.2, 0.25) is 0 Å².